The molecular formula is C18H21N5. The molecule has 1 heterocycles. The average molecular weight is 307 g/mol. The van der Waals surface area contributed by atoms with E-state index in [0.717, 1.165) is 35.5 Å². The van der Waals surface area contributed by atoms with Crippen molar-refractivity contribution in [3.05, 3.63) is 64.5 Å². The van der Waals surface area contributed by atoms with Crippen LogP contribution in [0.25, 0.3) is 0 Å². The summed E-state index contributed by atoms with van der Waals surface area (Å²) in [5.74, 6) is 0.309. The van der Waals surface area contributed by atoms with E-state index in [-0.39, 0.29) is 5.96 Å². The number of guanidine groups is 1. The molecule has 5 nitrogen and oxygen atoms in total. The molecule has 1 aliphatic rings. The molecule has 0 fully saturated rings. The SMILES string of the molecule is Cc1cc(C)c2c(n1)CC(c1ccccc1)C/C2=N\N=C(N)N. The molecule has 0 saturated carbocycles. The van der Waals surface area contributed by atoms with Crippen LogP contribution in [-0.4, -0.2) is 16.7 Å². The first-order chi connectivity index (χ1) is 11.0. The Bertz CT molecular complexity index is 773. The Balaban J connectivity index is 2.09. The third-order valence-corrected chi connectivity index (χ3v) is 4.14. The van der Waals surface area contributed by atoms with Gasteiger partial charge in [0.2, 0.25) is 5.96 Å². The van der Waals surface area contributed by atoms with Gasteiger partial charge in [0.25, 0.3) is 0 Å². The maximum atomic E-state index is 5.44. The predicted octanol–water partition coefficient (Wildman–Crippen LogP) is 2.41. The lowest BCUT2D eigenvalue weighted by Crippen LogP contribution is -2.24. The second kappa shape index (κ2) is 6.20. The van der Waals surface area contributed by atoms with Crippen molar-refractivity contribution in [3.8, 4) is 0 Å². The first kappa shape index (κ1) is 15.2. The molecular weight excluding hydrogens is 286 g/mol. The fourth-order valence-electron chi connectivity index (χ4n) is 3.27. The van der Waals surface area contributed by atoms with Gasteiger partial charge in [-0.3, -0.25) is 4.98 Å². The van der Waals surface area contributed by atoms with Crippen LogP contribution in [0.2, 0.25) is 0 Å². The summed E-state index contributed by atoms with van der Waals surface area (Å²) in [5, 5.41) is 8.18. The molecule has 1 aromatic carbocycles. The normalized spacial score (nSPS) is 18.5. The largest absolute Gasteiger partial charge is 0.369 e. The lowest BCUT2D eigenvalue weighted by Gasteiger charge is -2.26. The summed E-state index contributed by atoms with van der Waals surface area (Å²) in [7, 11) is 0. The Morgan fingerprint density at radius 1 is 1.13 bits per heavy atom. The van der Waals surface area contributed by atoms with Gasteiger partial charge in [0.05, 0.1) is 11.4 Å². The van der Waals surface area contributed by atoms with Gasteiger partial charge in [-0.2, -0.15) is 5.10 Å². The van der Waals surface area contributed by atoms with Gasteiger partial charge in [0.1, 0.15) is 0 Å². The monoisotopic (exact) mass is 307 g/mol. The van der Waals surface area contributed by atoms with Crippen molar-refractivity contribution in [2.45, 2.75) is 32.6 Å². The van der Waals surface area contributed by atoms with Gasteiger partial charge in [0, 0.05) is 11.3 Å². The number of hydrogen-bond acceptors (Lipinski definition) is 3. The van der Waals surface area contributed by atoms with E-state index in [9.17, 15) is 0 Å². The summed E-state index contributed by atoms with van der Waals surface area (Å²) in [6.45, 7) is 4.10. The Hall–Kier alpha value is -2.69. The summed E-state index contributed by atoms with van der Waals surface area (Å²) >= 11 is 0. The van der Waals surface area contributed by atoms with Crippen LogP contribution >= 0.6 is 0 Å². The fourth-order valence-corrected chi connectivity index (χ4v) is 3.27. The molecule has 2 aromatic rings. The van der Waals surface area contributed by atoms with Crippen LogP contribution in [0.1, 0.15) is 40.4 Å². The van der Waals surface area contributed by atoms with Gasteiger partial charge >= 0.3 is 0 Å². The number of fused-ring (bicyclic) bond motifs is 1. The van der Waals surface area contributed by atoms with Crippen molar-refractivity contribution in [1.29, 1.82) is 0 Å². The molecule has 0 radical (unpaired) electrons. The van der Waals surface area contributed by atoms with E-state index in [2.05, 4.69) is 47.5 Å². The molecule has 1 unspecified atom stereocenters. The van der Waals surface area contributed by atoms with Gasteiger partial charge in [-0.1, -0.05) is 30.3 Å². The molecule has 1 atom stereocenters. The summed E-state index contributed by atoms with van der Waals surface area (Å²) in [6, 6.07) is 12.5. The molecule has 118 valence electrons. The second-order valence-corrected chi connectivity index (χ2v) is 5.99. The molecule has 0 bridgehead atoms. The maximum Gasteiger partial charge on any atom is 0.211 e. The molecule has 0 amide bonds. The Morgan fingerprint density at radius 2 is 1.87 bits per heavy atom. The zero-order valence-electron chi connectivity index (χ0n) is 13.5. The molecule has 23 heavy (non-hydrogen) atoms. The van der Waals surface area contributed by atoms with Crippen LogP contribution in [0.4, 0.5) is 0 Å². The highest BCUT2D eigenvalue weighted by atomic mass is 15.3. The third-order valence-electron chi connectivity index (χ3n) is 4.14. The average Bonchev–Trinajstić information content (AvgIpc) is 2.52. The third kappa shape index (κ3) is 3.23. The van der Waals surface area contributed by atoms with Gasteiger partial charge in [-0.05, 0) is 49.8 Å². The van der Waals surface area contributed by atoms with E-state index in [4.69, 9.17) is 16.5 Å². The molecule has 1 aromatic heterocycles. The zero-order valence-corrected chi connectivity index (χ0v) is 13.5. The van der Waals surface area contributed by atoms with E-state index in [0.29, 0.717) is 5.92 Å². The maximum absolute atomic E-state index is 5.44. The Labute approximate surface area is 136 Å². The lowest BCUT2D eigenvalue weighted by molar-refractivity contribution is 0.675. The molecule has 0 saturated heterocycles. The quantitative estimate of drug-likeness (QED) is 0.507. The number of benzene rings is 1. The number of nitrogens with zero attached hydrogens (tertiary/aromatic N) is 3. The van der Waals surface area contributed by atoms with E-state index >= 15 is 0 Å². The van der Waals surface area contributed by atoms with Crippen LogP contribution in [0.5, 0.6) is 0 Å². The van der Waals surface area contributed by atoms with Crippen LogP contribution in [0, 0.1) is 13.8 Å². The summed E-state index contributed by atoms with van der Waals surface area (Å²) < 4.78 is 0. The first-order valence-electron chi connectivity index (χ1n) is 7.72. The first-order valence-corrected chi connectivity index (χ1v) is 7.72. The van der Waals surface area contributed by atoms with Crippen LogP contribution in [-0.2, 0) is 6.42 Å². The minimum Gasteiger partial charge on any atom is -0.369 e. The molecule has 0 aliphatic heterocycles. The minimum atomic E-state index is -0.0291. The lowest BCUT2D eigenvalue weighted by atomic mass is 9.80. The fraction of sp³-hybridized carbons (Fsp3) is 0.278. The van der Waals surface area contributed by atoms with Crippen molar-refractivity contribution in [3.63, 3.8) is 0 Å². The van der Waals surface area contributed by atoms with Crippen molar-refractivity contribution in [2.24, 2.45) is 21.7 Å². The molecule has 4 N–H and O–H groups in total. The summed E-state index contributed by atoms with van der Waals surface area (Å²) in [5.41, 5.74) is 17.4. The van der Waals surface area contributed by atoms with Crippen LogP contribution in [0.15, 0.2) is 46.6 Å². The van der Waals surface area contributed by atoms with Gasteiger partial charge in [0.15, 0.2) is 0 Å². The molecule has 0 spiro atoms. The standard InChI is InChI=1S/C18H21N5/c1-11-8-12(2)21-15-9-14(13-6-4-3-5-7-13)10-16(17(11)15)22-23-18(19)20/h3-8,14H,9-10H2,1-2H3,(H4,19,20,23)/b22-16+. The molecule has 3 rings (SSSR count). The number of aromatic nitrogens is 1. The number of rotatable bonds is 2. The summed E-state index contributed by atoms with van der Waals surface area (Å²) in [4.78, 5) is 4.74. The predicted molar refractivity (Wildman–Crippen MR) is 93.6 cm³/mol. The topological polar surface area (TPSA) is 89.6 Å². The van der Waals surface area contributed by atoms with E-state index in [1.54, 1.807) is 0 Å². The molecule has 5 heteroatoms. The van der Waals surface area contributed by atoms with E-state index < -0.39 is 0 Å². The van der Waals surface area contributed by atoms with Gasteiger partial charge < -0.3 is 11.5 Å². The van der Waals surface area contributed by atoms with Crippen molar-refractivity contribution in [2.75, 3.05) is 0 Å². The number of aryl methyl sites for hydroxylation is 2. The Kier molecular flexibility index (Phi) is 4.10. The van der Waals surface area contributed by atoms with E-state index in [1.165, 1.54) is 11.1 Å². The highest BCUT2D eigenvalue weighted by molar-refractivity contribution is 6.04. The van der Waals surface area contributed by atoms with Crippen molar-refractivity contribution in [1.82, 2.24) is 4.98 Å². The highest BCUT2D eigenvalue weighted by Gasteiger charge is 2.27. The van der Waals surface area contributed by atoms with Crippen molar-refractivity contribution >= 4 is 11.7 Å². The number of hydrogen-bond donors (Lipinski definition) is 2. The van der Waals surface area contributed by atoms with Gasteiger partial charge in [-0.15, -0.1) is 5.10 Å². The smallest absolute Gasteiger partial charge is 0.211 e. The van der Waals surface area contributed by atoms with Crippen LogP contribution < -0.4 is 11.5 Å². The summed E-state index contributed by atoms with van der Waals surface area (Å²) in [6.07, 6.45) is 1.71. The van der Waals surface area contributed by atoms with Crippen molar-refractivity contribution < 1.29 is 0 Å². The highest BCUT2D eigenvalue weighted by Crippen LogP contribution is 2.34. The second-order valence-electron chi connectivity index (χ2n) is 5.99. The Morgan fingerprint density at radius 3 is 2.57 bits per heavy atom. The number of pyridine rings is 1. The zero-order chi connectivity index (χ0) is 16.4. The van der Waals surface area contributed by atoms with Crippen LogP contribution in [0.3, 0.4) is 0 Å². The molecule has 1 aliphatic carbocycles. The van der Waals surface area contributed by atoms with Gasteiger partial charge in [-0.25, -0.2) is 0 Å². The van der Waals surface area contributed by atoms with E-state index in [1.807, 2.05) is 13.0 Å². The minimum absolute atomic E-state index is 0.0291. The number of nitrogens with two attached hydrogens (primary N) is 2.